The molecule has 1 fully saturated rings. The largest absolute Gasteiger partial charge is 0.357 e. The second kappa shape index (κ2) is 8.43. The number of rotatable bonds is 7. The van der Waals surface area contributed by atoms with Crippen molar-refractivity contribution in [3.05, 3.63) is 39.5 Å². The molecule has 3 rings (SSSR count). The molecule has 1 saturated heterocycles. The summed E-state index contributed by atoms with van der Waals surface area (Å²) in [5.74, 6) is 0.984. The fraction of sp³-hybridized carbons (Fsp3) is 0.526. The van der Waals surface area contributed by atoms with Gasteiger partial charge in [0.25, 0.3) is 5.91 Å². The van der Waals surface area contributed by atoms with Crippen molar-refractivity contribution < 1.29 is 4.79 Å². The van der Waals surface area contributed by atoms with Gasteiger partial charge in [-0.1, -0.05) is 13.3 Å². The number of carbonyl (C=O) groups is 1. The lowest BCUT2D eigenvalue weighted by Gasteiger charge is -2.16. The van der Waals surface area contributed by atoms with Crippen LogP contribution in [0.1, 0.15) is 58.5 Å². The Morgan fingerprint density at radius 1 is 1.36 bits per heavy atom. The van der Waals surface area contributed by atoms with Crippen LogP contribution in [0, 0.1) is 6.92 Å². The summed E-state index contributed by atoms with van der Waals surface area (Å²) in [7, 11) is 0. The summed E-state index contributed by atoms with van der Waals surface area (Å²) >= 11 is 1.52. The van der Waals surface area contributed by atoms with E-state index >= 15 is 0 Å². The monoisotopic (exact) mass is 358 g/mol. The zero-order chi connectivity index (χ0) is 17.6. The van der Waals surface area contributed by atoms with Crippen molar-refractivity contribution in [2.75, 3.05) is 18.0 Å². The Kier molecular flexibility index (Phi) is 6.02. The van der Waals surface area contributed by atoms with Gasteiger partial charge in [0.05, 0.1) is 10.7 Å². The van der Waals surface area contributed by atoms with Gasteiger partial charge in [0, 0.05) is 25.8 Å². The highest BCUT2D eigenvalue weighted by molar-refractivity contribution is 7.13. The average molecular weight is 359 g/mol. The van der Waals surface area contributed by atoms with Crippen molar-refractivity contribution in [1.82, 2.24) is 15.3 Å². The van der Waals surface area contributed by atoms with E-state index in [1.807, 2.05) is 19.2 Å². The van der Waals surface area contributed by atoms with Crippen molar-refractivity contribution in [2.24, 2.45) is 0 Å². The molecule has 2 aromatic rings. The maximum atomic E-state index is 12.5. The molecular formula is C19H26N4OS. The molecule has 0 unspecified atom stereocenters. The maximum absolute atomic E-state index is 12.5. The predicted octanol–water partition coefficient (Wildman–Crippen LogP) is 3.72. The smallest absolute Gasteiger partial charge is 0.263 e. The fourth-order valence-corrected chi connectivity index (χ4v) is 4.07. The van der Waals surface area contributed by atoms with Crippen molar-refractivity contribution in [2.45, 2.75) is 52.5 Å². The molecule has 1 N–H and O–H groups in total. The highest BCUT2D eigenvalue weighted by Gasteiger charge is 2.16. The topological polar surface area (TPSA) is 58.1 Å². The molecule has 2 aromatic heterocycles. The van der Waals surface area contributed by atoms with Crippen molar-refractivity contribution >= 4 is 23.1 Å². The first-order valence-corrected chi connectivity index (χ1v) is 9.93. The summed E-state index contributed by atoms with van der Waals surface area (Å²) in [6, 6.07) is 4.05. The van der Waals surface area contributed by atoms with E-state index in [4.69, 9.17) is 0 Å². The molecule has 6 heteroatoms. The van der Waals surface area contributed by atoms with Gasteiger partial charge in [-0.15, -0.1) is 11.3 Å². The van der Waals surface area contributed by atoms with Crippen LogP contribution in [-0.4, -0.2) is 29.0 Å². The van der Waals surface area contributed by atoms with E-state index in [9.17, 15) is 4.79 Å². The third-order valence-corrected chi connectivity index (χ3v) is 5.70. The molecule has 0 atom stereocenters. The normalized spacial score (nSPS) is 14.1. The lowest BCUT2D eigenvalue weighted by molar-refractivity contribution is 0.0954. The molecular weight excluding hydrogens is 332 g/mol. The minimum atomic E-state index is -0.0303. The number of amides is 1. The lowest BCUT2D eigenvalue weighted by atomic mass is 10.2. The quantitative estimate of drug-likeness (QED) is 0.819. The second-order valence-corrected chi connectivity index (χ2v) is 7.61. The van der Waals surface area contributed by atoms with E-state index in [-0.39, 0.29) is 5.91 Å². The first kappa shape index (κ1) is 17.9. The molecule has 25 heavy (non-hydrogen) atoms. The highest BCUT2D eigenvalue weighted by atomic mass is 32.1. The molecule has 1 aliphatic heterocycles. The fourth-order valence-electron chi connectivity index (χ4n) is 3.05. The highest BCUT2D eigenvalue weighted by Crippen LogP contribution is 2.21. The number of nitrogens with one attached hydrogen (secondary N) is 1. The van der Waals surface area contributed by atoms with E-state index in [1.54, 1.807) is 0 Å². The number of carbonyl (C=O) groups excluding carboxylic acids is 1. The molecule has 0 aromatic carbocycles. The Bertz CT molecular complexity index is 722. The van der Waals surface area contributed by atoms with Crippen molar-refractivity contribution in [3.8, 4) is 0 Å². The van der Waals surface area contributed by atoms with Crippen molar-refractivity contribution in [3.63, 3.8) is 0 Å². The molecule has 0 aliphatic carbocycles. The van der Waals surface area contributed by atoms with Crippen LogP contribution in [-0.2, 0) is 13.0 Å². The molecule has 0 bridgehead atoms. The summed E-state index contributed by atoms with van der Waals surface area (Å²) in [4.78, 5) is 24.5. The first-order chi connectivity index (χ1) is 12.2. The number of hydrogen-bond acceptors (Lipinski definition) is 5. The van der Waals surface area contributed by atoms with Gasteiger partial charge in [-0.25, -0.2) is 9.97 Å². The Balaban J connectivity index is 1.60. The third kappa shape index (κ3) is 4.57. The molecule has 0 spiro atoms. The second-order valence-electron chi connectivity index (χ2n) is 6.52. The Morgan fingerprint density at radius 2 is 2.16 bits per heavy atom. The maximum Gasteiger partial charge on any atom is 0.263 e. The summed E-state index contributed by atoms with van der Waals surface area (Å²) in [5.41, 5.74) is 1.92. The number of pyridine rings is 1. The van der Waals surface area contributed by atoms with E-state index in [0.717, 1.165) is 59.3 Å². The van der Waals surface area contributed by atoms with Crippen LogP contribution in [0.2, 0.25) is 0 Å². The van der Waals surface area contributed by atoms with Gasteiger partial charge in [0.1, 0.15) is 10.7 Å². The van der Waals surface area contributed by atoms with Crippen LogP contribution in [0.4, 0.5) is 5.82 Å². The van der Waals surface area contributed by atoms with Crippen LogP contribution in [0.3, 0.4) is 0 Å². The van der Waals surface area contributed by atoms with Crippen LogP contribution >= 0.6 is 11.3 Å². The molecule has 0 radical (unpaired) electrons. The number of aryl methyl sites for hydroxylation is 2. The Hall–Kier alpha value is -1.95. The SMILES string of the molecule is CCCCc1nc(C)c(C(=O)NCc2ccnc(N3CCCC3)c2)s1. The summed E-state index contributed by atoms with van der Waals surface area (Å²) in [5, 5.41) is 4.09. The molecule has 0 saturated carbocycles. The minimum Gasteiger partial charge on any atom is -0.357 e. The van der Waals surface area contributed by atoms with Gasteiger partial charge in [0.2, 0.25) is 0 Å². The number of unbranched alkanes of at least 4 members (excludes halogenated alkanes) is 1. The average Bonchev–Trinajstić information content (AvgIpc) is 3.28. The minimum absolute atomic E-state index is 0.0303. The molecule has 1 amide bonds. The van der Waals surface area contributed by atoms with E-state index < -0.39 is 0 Å². The number of nitrogens with zero attached hydrogens (tertiary/aromatic N) is 3. The zero-order valence-electron chi connectivity index (χ0n) is 15.0. The molecule has 1 aliphatic rings. The van der Waals surface area contributed by atoms with E-state index in [1.165, 1.54) is 24.2 Å². The van der Waals surface area contributed by atoms with Crippen LogP contribution in [0.5, 0.6) is 0 Å². The summed E-state index contributed by atoms with van der Waals surface area (Å²) < 4.78 is 0. The summed E-state index contributed by atoms with van der Waals surface area (Å²) in [6.45, 7) is 6.74. The van der Waals surface area contributed by atoms with Gasteiger partial charge in [0.15, 0.2) is 0 Å². The first-order valence-electron chi connectivity index (χ1n) is 9.11. The van der Waals surface area contributed by atoms with Gasteiger partial charge < -0.3 is 10.2 Å². The molecule has 3 heterocycles. The summed E-state index contributed by atoms with van der Waals surface area (Å²) in [6.07, 6.45) is 7.50. The van der Waals surface area contributed by atoms with Crippen LogP contribution < -0.4 is 10.2 Å². The van der Waals surface area contributed by atoms with E-state index in [2.05, 4.69) is 33.2 Å². The van der Waals surface area contributed by atoms with Gasteiger partial charge in [-0.2, -0.15) is 0 Å². The molecule has 5 nitrogen and oxygen atoms in total. The van der Waals surface area contributed by atoms with Crippen LogP contribution in [0.15, 0.2) is 18.3 Å². The number of aromatic nitrogens is 2. The van der Waals surface area contributed by atoms with Gasteiger partial charge in [-0.3, -0.25) is 4.79 Å². The van der Waals surface area contributed by atoms with E-state index in [0.29, 0.717) is 6.54 Å². The number of hydrogen-bond donors (Lipinski definition) is 1. The number of anilines is 1. The predicted molar refractivity (Wildman–Crippen MR) is 102 cm³/mol. The standard InChI is InChI=1S/C19H26N4OS/c1-3-4-7-17-22-14(2)18(25-17)19(24)21-13-15-8-9-20-16(12-15)23-10-5-6-11-23/h8-9,12H,3-7,10-11,13H2,1-2H3,(H,21,24). The van der Waals surface area contributed by atoms with Crippen molar-refractivity contribution in [1.29, 1.82) is 0 Å². The van der Waals surface area contributed by atoms with Crippen LogP contribution in [0.25, 0.3) is 0 Å². The van der Waals surface area contributed by atoms with Gasteiger partial charge in [-0.05, 0) is 50.3 Å². The van der Waals surface area contributed by atoms with Gasteiger partial charge >= 0.3 is 0 Å². The third-order valence-electron chi connectivity index (χ3n) is 4.48. The molecule has 134 valence electrons. The Labute approximate surface area is 153 Å². The Morgan fingerprint density at radius 3 is 2.92 bits per heavy atom. The number of thiazole rings is 1. The zero-order valence-corrected chi connectivity index (χ0v) is 15.9. The lowest BCUT2D eigenvalue weighted by Crippen LogP contribution is -2.23.